The Morgan fingerprint density at radius 1 is 1.39 bits per heavy atom. The Kier molecular flexibility index (Phi) is 5.78. The fourth-order valence-electron chi connectivity index (χ4n) is 1.81. The van der Waals surface area contributed by atoms with Crippen molar-refractivity contribution in [1.29, 1.82) is 0 Å². The standard InChI is InChI=1S/C13H21IN2O2/c1-5-8-9-10(14)11(17)16-12(15-9)13(4,6-2)18-7-3/h5-8H2,1-4H3,(H,15,16,17). The number of nitrogens with zero attached hydrogens (tertiary/aromatic N) is 1. The summed E-state index contributed by atoms with van der Waals surface area (Å²) in [6.45, 7) is 8.64. The van der Waals surface area contributed by atoms with Gasteiger partial charge in [-0.25, -0.2) is 4.98 Å². The highest BCUT2D eigenvalue weighted by Gasteiger charge is 2.28. The fraction of sp³-hybridized carbons (Fsp3) is 0.692. The SMILES string of the molecule is CCCc1nc(C(C)(CC)OCC)[nH]c(=O)c1I. The number of nitrogens with one attached hydrogen (secondary N) is 1. The Morgan fingerprint density at radius 2 is 2.06 bits per heavy atom. The molecule has 0 aliphatic rings. The second-order valence-electron chi connectivity index (χ2n) is 4.44. The lowest BCUT2D eigenvalue weighted by molar-refractivity contribution is -0.0394. The van der Waals surface area contributed by atoms with E-state index in [-0.39, 0.29) is 5.56 Å². The molecular weight excluding hydrogens is 343 g/mol. The van der Waals surface area contributed by atoms with Gasteiger partial charge in [0.25, 0.3) is 5.56 Å². The van der Waals surface area contributed by atoms with E-state index in [9.17, 15) is 4.79 Å². The van der Waals surface area contributed by atoms with Gasteiger partial charge < -0.3 is 9.72 Å². The summed E-state index contributed by atoms with van der Waals surface area (Å²) in [5, 5.41) is 0. The van der Waals surface area contributed by atoms with Crippen LogP contribution >= 0.6 is 22.6 Å². The maximum atomic E-state index is 11.9. The monoisotopic (exact) mass is 364 g/mol. The third kappa shape index (κ3) is 3.32. The van der Waals surface area contributed by atoms with E-state index in [0.717, 1.165) is 25.0 Å². The number of hydrogen-bond donors (Lipinski definition) is 1. The number of halogens is 1. The molecule has 1 unspecified atom stereocenters. The lowest BCUT2D eigenvalue weighted by atomic mass is 10.0. The molecule has 0 bridgehead atoms. The summed E-state index contributed by atoms with van der Waals surface area (Å²) in [5.41, 5.74) is 0.292. The molecule has 4 nitrogen and oxygen atoms in total. The van der Waals surface area contributed by atoms with Crippen LogP contribution in [0.2, 0.25) is 0 Å². The third-order valence-electron chi connectivity index (χ3n) is 3.06. The van der Waals surface area contributed by atoms with Gasteiger partial charge in [-0.15, -0.1) is 0 Å². The van der Waals surface area contributed by atoms with Crippen LogP contribution in [0.15, 0.2) is 4.79 Å². The van der Waals surface area contributed by atoms with Gasteiger partial charge in [0.2, 0.25) is 0 Å². The summed E-state index contributed by atoms with van der Waals surface area (Å²) < 4.78 is 6.45. The number of hydrogen-bond acceptors (Lipinski definition) is 3. The number of aryl methyl sites for hydroxylation is 1. The Bertz CT molecular complexity index is 459. The summed E-state index contributed by atoms with van der Waals surface area (Å²) in [6.07, 6.45) is 2.57. The molecule has 0 spiro atoms. The van der Waals surface area contributed by atoms with Gasteiger partial charge in [0, 0.05) is 6.61 Å². The Labute approximate surface area is 122 Å². The minimum atomic E-state index is -0.513. The largest absolute Gasteiger partial charge is 0.368 e. The minimum Gasteiger partial charge on any atom is -0.368 e. The number of aromatic nitrogens is 2. The van der Waals surface area contributed by atoms with Gasteiger partial charge in [-0.1, -0.05) is 20.3 Å². The van der Waals surface area contributed by atoms with E-state index in [4.69, 9.17) is 4.74 Å². The van der Waals surface area contributed by atoms with E-state index >= 15 is 0 Å². The van der Waals surface area contributed by atoms with Crippen LogP contribution in [0.5, 0.6) is 0 Å². The zero-order valence-corrected chi connectivity index (χ0v) is 13.6. The first kappa shape index (κ1) is 15.6. The molecule has 1 aromatic heterocycles. The van der Waals surface area contributed by atoms with Crippen molar-refractivity contribution >= 4 is 22.6 Å². The van der Waals surface area contributed by atoms with Crippen LogP contribution in [-0.2, 0) is 16.8 Å². The quantitative estimate of drug-likeness (QED) is 0.790. The average molecular weight is 364 g/mol. The van der Waals surface area contributed by atoms with E-state index in [0.29, 0.717) is 16.0 Å². The normalized spacial score (nSPS) is 14.5. The van der Waals surface area contributed by atoms with Crippen molar-refractivity contribution in [3.8, 4) is 0 Å². The molecule has 1 N–H and O–H groups in total. The Morgan fingerprint density at radius 3 is 2.56 bits per heavy atom. The summed E-state index contributed by atoms with van der Waals surface area (Å²) in [5.74, 6) is 0.640. The van der Waals surface area contributed by atoms with Crippen molar-refractivity contribution in [2.24, 2.45) is 0 Å². The van der Waals surface area contributed by atoms with Crippen LogP contribution in [0, 0.1) is 3.57 Å². The number of rotatable bonds is 6. The van der Waals surface area contributed by atoms with Crippen molar-refractivity contribution < 1.29 is 4.74 Å². The molecule has 1 aromatic rings. The van der Waals surface area contributed by atoms with E-state index in [1.165, 1.54) is 0 Å². The van der Waals surface area contributed by atoms with Crippen LogP contribution in [-0.4, -0.2) is 16.6 Å². The van der Waals surface area contributed by atoms with E-state index < -0.39 is 5.60 Å². The molecule has 0 aromatic carbocycles. The maximum absolute atomic E-state index is 11.9. The predicted octanol–water partition coefficient (Wildman–Crippen LogP) is 2.99. The van der Waals surface area contributed by atoms with E-state index in [2.05, 4.69) is 39.5 Å². The van der Waals surface area contributed by atoms with Gasteiger partial charge in [0.15, 0.2) is 0 Å². The summed E-state index contributed by atoms with van der Waals surface area (Å²) in [6, 6.07) is 0. The van der Waals surface area contributed by atoms with Crippen molar-refractivity contribution in [2.45, 2.75) is 52.6 Å². The van der Waals surface area contributed by atoms with Crippen molar-refractivity contribution in [3.63, 3.8) is 0 Å². The Hall–Kier alpha value is -0.430. The molecule has 1 atom stereocenters. The highest BCUT2D eigenvalue weighted by Crippen LogP contribution is 2.26. The molecule has 0 aliphatic carbocycles. The first-order valence-electron chi connectivity index (χ1n) is 6.41. The zero-order chi connectivity index (χ0) is 13.8. The predicted molar refractivity (Wildman–Crippen MR) is 80.8 cm³/mol. The van der Waals surface area contributed by atoms with Crippen LogP contribution < -0.4 is 5.56 Å². The van der Waals surface area contributed by atoms with Gasteiger partial charge in [-0.05, 0) is 49.3 Å². The van der Waals surface area contributed by atoms with Gasteiger partial charge in [0.05, 0.1) is 9.26 Å². The molecule has 0 saturated heterocycles. The second-order valence-corrected chi connectivity index (χ2v) is 5.52. The van der Waals surface area contributed by atoms with Crippen LogP contribution in [0.25, 0.3) is 0 Å². The summed E-state index contributed by atoms with van der Waals surface area (Å²) in [7, 11) is 0. The molecule has 0 fully saturated rings. The minimum absolute atomic E-state index is 0.0663. The lowest BCUT2D eigenvalue weighted by Crippen LogP contribution is -2.32. The van der Waals surface area contributed by atoms with Gasteiger partial charge >= 0.3 is 0 Å². The highest BCUT2D eigenvalue weighted by atomic mass is 127. The van der Waals surface area contributed by atoms with Gasteiger partial charge in [-0.2, -0.15) is 0 Å². The number of H-pyrrole nitrogens is 1. The maximum Gasteiger partial charge on any atom is 0.264 e. The molecule has 5 heteroatoms. The van der Waals surface area contributed by atoms with Gasteiger partial charge in [-0.3, -0.25) is 4.79 Å². The Balaban J connectivity index is 3.28. The smallest absolute Gasteiger partial charge is 0.264 e. The molecule has 1 heterocycles. The van der Waals surface area contributed by atoms with Gasteiger partial charge in [0.1, 0.15) is 11.4 Å². The summed E-state index contributed by atoms with van der Waals surface area (Å²) >= 11 is 2.06. The molecule has 0 amide bonds. The first-order chi connectivity index (χ1) is 8.48. The summed E-state index contributed by atoms with van der Waals surface area (Å²) in [4.78, 5) is 19.4. The molecule has 18 heavy (non-hydrogen) atoms. The lowest BCUT2D eigenvalue weighted by Gasteiger charge is -2.27. The third-order valence-corrected chi connectivity index (χ3v) is 4.17. The van der Waals surface area contributed by atoms with Crippen molar-refractivity contribution in [3.05, 3.63) is 25.4 Å². The second kappa shape index (κ2) is 6.65. The average Bonchev–Trinajstić information content (AvgIpc) is 2.35. The van der Waals surface area contributed by atoms with Crippen LogP contribution in [0.4, 0.5) is 0 Å². The highest BCUT2D eigenvalue weighted by molar-refractivity contribution is 14.1. The molecule has 0 saturated carbocycles. The van der Waals surface area contributed by atoms with Crippen molar-refractivity contribution in [2.75, 3.05) is 6.61 Å². The van der Waals surface area contributed by atoms with Crippen molar-refractivity contribution in [1.82, 2.24) is 9.97 Å². The topological polar surface area (TPSA) is 55.0 Å². The zero-order valence-electron chi connectivity index (χ0n) is 11.5. The van der Waals surface area contributed by atoms with E-state index in [1.807, 2.05) is 20.8 Å². The number of ether oxygens (including phenoxy) is 1. The van der Waals surface area contributed by atoms with Crippen LogP contribution in [0.1, 0.15) is 52.1 Å². The molecule has 102 valence electrons. The fourth-order valence-corrected chi connectivity index (χ4v) is 2.34. The van der Waals surface area contributed by atoms with Crippen LogP contribution in [0.3, 0.4) is 0 Å². The molecule has 0 aliphatic heterocycles. The molecule has 0 radical (unpaired) electrons. The molecular formula is C13H21IN2O2. The first-order valence-corrected chi connectivity index (χ1v) is 7.49. The van der Waals surface area contributed by atoms with E-state index in [1.54, 1.807) is 0 Å². The molecule has 1 rings (SSSR count). The number of aromatic amines is 1.